The molecule has 3 heterocycles. The zero-order valence-electron chi connectivity index (χ0n) is 19.1. The number of fused-ring (bicyclic) bond motifs is 3. The van der Waals surface area contributed by atoms with E-state index in [0.717, 1.165) is 12.8 Å². The molecule has 36 heavy (non-hydrogen) atoms. The lowest BCUT2D eigenvalue weighted by atomic mass is 10.00. The summed E-state index contributed by atoms with van der Waals surface area (Å²) in [6, 6.07) is 10.6. The topological polar surface area (TPSA) is 115 Å². The van der Waals surface area contributed by atoms with Crippen LogP contribution in [0.1, 0.15) is 31.2 Å². The molecule has 2 aromatic heterocycles. The molecule has 4 aromatic rings. The molecule has 1 aliphatic carbocycles. The van der Waals surface area contributed by atoms with Gasteiger partial charge in [0, 0.05) is 29.9 Å². The summed E-state index contributed by atoms with van der Waals surface area (Å²) in [6.45, 7) is 0.857. The Hall–Kier alpha value is -3.62. The Bertz CT molecular complexity index is 1630. The van der Waals surface area contributed by atoms with E-state index >= 15 is 0 Å². The van der Waals surface area contributed by atoms with E-state index in [4.69, 9.17) is 0 Å². The number of piperidine rings is 1. The number of nitrogens with zero attached hydrogens (tertiary/aromatic N) is 4. The minimum Gasteiger partial charge on any atom is -0.364 e. The van der Waals surface area contributed by atoms with E-state index in [-0.39, 0.29) is 22.5 Å². The minimum absolute atomic E-state index is 0.0331. The van der Waals surface area contributed by atoms with E-state index in [1.54, 1.807) is 22.5 Å². The molecule has 0 atom stereocenters. The van der Waals surface area contributed by atoms with Crippen LogP contribution in [-0.2, 0) is 10.0 Å². The summed E-state index contributed by atoms with van der Waals surface area (Å²) in [6.07, 6.45) is 2.68. The fraction of sp³-hybridized carbons (Fsp3) is 0.320. The van der Waals surface area contributed by atoms with Crippen LogP contribution in [-0.4, -0.2) is 52.3 Å². The molecule has 0 amide bonds. The second-order valence-electron chi connectivity index (χ2n) is 9.29. The van der Waals surface area contributed by atoms with E-state index in [1.165, 1.54) is 18.2 Å². The zero-order valence-corrected chi connectivity index (χ0v) is 19.9. The summed E-state index contributed by atoms with van der Waals surface area (Å²) < 4.78 is 56.3. The average molecular weight is 509 g/mol. The molecule has 2 aromatic carbocycles. The van der Waals surface area contributed by atoms with Crippen molar-refractivity contribution in [2.45, 2.75) is 37.0 Å². The summed E-state index contributed by atoms with van der Waals surface area (Å²) in [7, 11) is -3.21. The number of hydrogen-bond acceptors (Lipinski definition) is 6. The Morgan fingerprint density at radius 1 is 1.06 bits per heavy atom. The van der Waals surface area contributed by atoms with Gasteiger partial charge >= 0.3 is 0 Å². The fourth-order valence-electron chi connectivity index (χ4n) is 4.87. The highest BCUT2D eigenvalue weighted by molar-refractivity contribution is 7.90. The predicted octanol–water partition coefficient (Wildman–Crippen LogP) is 4.30. The summed E-state index contributed by atoms with van der Waals surface area (Å²) in [4.78, 5) is 4.63. The molecule has 0 bridgehead atoms. The van der Waals surface area contributed by atoms with Crippen LogP contribution >= 0.6 is 0 Å². The summed E-state index contributed by atoms with van der Waals surface area (Å²) >= 11 is 0. The number of halogens is 2. The molecule has 0 unspecified atom stereocenters. The van der Waals surface area contributed by atoms with Crippen molar-refractivity contribution in [3.05, 3.63) is 53.6 Å². The van der Waals surface area contributed by atoms with E-state index in [9.17, 15) is 22.5 Å². The lowest BCUT2D eigenvalue weighted by molar-refractivity contribution is 0.329. The first-order valence-electron chi connectivity index (χ1n) is 11.8. The number of pyridine rings is 1. The molecule has 8 nitrogen and oxygen atoms in total. The third kappa shape index (κ3) is 3.77. The molecule has 0 spiro atoms. The van der Waals surface area contributed by atoms with Crippen molar-refractivity contribution >= 4 is 37.6 Å². The van der Waals surface area contributed by atoms with Gasteiger partial charge in [0.2, 0.25) is 10.0 Å². The number of nitrogens with one attached hydrogen (secondary N) is 2. The van der Waals surface area contributed by atoms with Gasteiger partial charge < -0.3 is 5.32 Å². The molecular formula is C25H22F2N6O2S. The van der Waals surface area contributed by atoms with Crippen molar-refractivity contribution in [3.8, 4) is 17.3 Å². The number of aromatic amines is 1. The van der Waals surface area contributed by atoms with Gasteiger partial charge in [0.1, 0.15) is 17.2 Å². The van der Waals surface area contributed by atoms with Crippen molar-refractivity contribution in [3.63, 3.8) is 0 Å². The van der Waals surface area contributed by atoms with Crippen molar-refractivity contribution in [1.82, 2.24) is 19.5 Å². The van der Waals surface area contributed by atoms with E-state index in [2.05, 4.69) is 26.6 Å². The largest absolute Gasteiger partial charge is 0.364 e. The number of sulfonamides is 1. The third-order valence-electron chi connectivity index (χ3n) is 6.94. The van der Waals surface area contributed by atoms with E-state index in [1.807, 2.05) is 0 Å². The maximum Gasteiger partial charge on any atom is 0.216 e. The molecule has 1 saturated heterocycles. The molecular weight excluding hydrogens is 486 g/mol. The van der Waals surface area contributed by atoms with Gasteiger partial charge in [0.05, 0.1) is 33.7 Å². The van der Waals surface area contributed by atoms with Gasteiger partial charge in [-0.15, -0.1) is 0 Å². The quantitative estimate of drug-likeness (QED) is 0.416. The maximum atomic E-state index is 14.8. The first-order chi connectivity index (χ1) is 17.4. The minimum atomic E-state index is -3.21. The van der Waals surface area contributed by atoms with Crippen LogP contribution in [0.4, 0.5) is 14.6 Å². The number of nitriles is 1. The summed E-state index contributed by atoms with van der Waals surface area (Å²) in [5.41, 5.74) is 1.14. The van der Waals surface area contributed by atoms with Gasteiger partial charge in [0.15, 0.2) is 5.82 Å². The first kappa shape index (κ1) is 22.8. The second-order valence-corrected chi connectivity index (χ2v) is 11.5. The summed E-state index contributed by atoms with van der Waals surface area (Å²) in [5, 5.41) is 20.9. The van der Waals surface area contributed by atoms with Crippen molar-refractivity contribution in [2.75, 3.05) is 18.4 Å². The Morgan fingerprint density at radius 2 is 1.78 bits per heavy atom. The SMILES string of the molecule is N#Cc1ccc2c(c1)c(-c1c(F)cccc1F)nc1c(NC3CCN(S(=O)(=O)C4CC4)CC3)n[nH]c12. The van der Waals surface area contributed by atoms with Gasteiger partial charge in [-0.2, -0.15) is 10.4 Å². The number of aromatic nitrogens is 3. The molecule has 0 radical (unpaired) electrons. The standard InChI is InChI=1S/C25H22F2N6O2S/c26-19-2-1-3-20(27)21(19)22-18-12-14(13-28)4-7-17(18)23-24(30-22)25(32-31-23)29-15-8-10-33(11-9-15)36(34,35)16-5-6-16/h1-4,7,12,15-16H,5-6,8-11H2,(H2,29,31,32). The second kappa shape index (κ2) is 8.50. The molecule has 6 rings (SSSR count). The normalized spacial score (nSPS) is 17.5. The van der Waals surface area contributed by atoms with Crippen molar-refractivity contribution in [2.24, 2.45) is 0 Å². The fourth-order valence-corrected chi connectivity index (χ4v) is 6.75. The Balaban J connectivity index is 1.39. The van der Waals surface area contributed by atoms with Crippen LogP contribution in [0.2, 0.25) is 0 Å². The van der Waals surface area contributed by atoms with Crippen molar-refractivity contribution in [1.29, 1.82) is 5.26 Å². The highest BCUT2D eigenvalue weighted by Gasteiger charge is 2.41. The molecule has 2 fully saturated rings. The number of anilines is 1. The highest BCUT2D eigenvalue weighted by atomic mass is 32.2. The van der Waals surface area contributed by atoms with Gasteiger partial charge in [-0.3, -0.25) is 5.10 Å². The molecule has 2 aliphatic rings. The zero-order chi connectivity index (χ0) is 25.0. The molecule has 11 heteroatoms. The van der Waals surface area contributed by atoms with E-state index < -0.39 is 21.7 Å². The smallest absolute Gasteiger partial charge is 0.216 e. The predicted molar refractivity (Wildman–Crippen MR) is 132 cm³/mol. The lowest BCUT2D eigenvalue weighted by Crippen LogP contribution is -2.43. The van der Waals surface area contributed by atoms with E-state index in [0.29, 0.717) is 59.1 Å². The number of H-pyrrole nitrogens is 1. The van der Waals surface area contributed by atoms with Crippen LogP contribution in [0.25, 0.3) is 33.1 Å². The summed E-state index contributed by atoms with van der Waals surface area (Å²) in [5.74, 6) is -1.08. The van der Waals surface area contributed by atoms with Gasteiger partial charge in [-0.05, 0) is 49.9 Å². The Labute approximate surface area is 206 Å². The van der Waals surface area contributed by atoms with Gasteiger partial charge in [-0.1, -0.05) is 12.1 Å². The Morgan fingerprint density at radius 3 is 2.44 bits per heavy atom. The number of hydrogen-bond donors (Lipinski definition) is 2. The third-order valence-corrected chi connectivity index (χ3v) is 9.34. The van der Waals surface area contributed by atoms with Crippen LogP contribution in [0.3, 0.4) is 0 Å². The van der Waals surface area contributed by atoms with Crippen LogP contribution < -0.4 is 5.32 Å². The number of rotatable bonds is 5. The van der Waals surface area contributed by atoms with Crippen LogP contribution in [0, 0.1) is 23.0 Å². The average Bonchev–Trinajstić information content (AvgIpc) is 3.67. The first-order valence-corrected chi connectivity index (χ1v) is 13.3. The number of benzene rings is 2. The molecule has 1 aliphatic heterocycles. The molecule has 184 valence electrons. The lowest BCUT2D eigenvalue weighted by Gasteiger charge is -2.31. The van der Waals surface area contributed by atoms with Gasteiger partial charge in [-0.25, -0.2) is 26.5 Å². The maximum absolute atomic E-state index is 14.8. The Kier molecular flexibility index (Phi) is 5.39. The molecule has 1 saturated carbocycles. The monoisotopic (exact) mass is 508 g/mol. The van der Waals surface area contributed by atoms with Crippen LogP contribution in [0.15, 0.2) is 36.4 Å². The van der Waals surface area contributed by atoms with Crippen molar-refractivity contribution < 1.29 is 17.2 Å². The van der Waals surface area contributed by atoms with Crippen LogP contribution in [0.5, 0.6) is 0 Å². The molecule has 2 N–H and O–H groups in total. The highest BCUT2D eigenvalue weighted by Crippen LogP contribution is 2.37. The van der Waals surface area contributed by atoms with Gasteiger partial charge in [0.25, 0.3) is 0 Å².